The van der Waals surface area contributed by atoms with Crippen LogP contribution in [0.25, 0.3) is 0 Å². The van der Waals surface area contributed by atoms with Crippen molar-refractivity contribution in [1.29, 1.82) is 0 Å². The van der Waals surface area contributed by atoms with Gasteiger partial charge in [-0.3, -0.25) is 4.79 Å². The van der Waals surface area contributed by atoms with Gasteiger partial charge in [-0.25, -0.2) is 0 Å². The van der Waals surface area contributed by atoms with Crippen LogP contribution in [0.2, 0.25) is 0 Å². The van der Waals surface area contributed by atoms with Crippen LogP contribution in [0.4, 0.5) is 0 Å². The zero-order valence-corrected chi connectivity index (χ0v) is 9.16. The number of aryl methyl sites for hydroxylation is 1. The molecule has 14 heavy (non-hydrogen) atoms. The van der Waals surface area contributed by atoms with E-state index < -0.39 is 0 Å². The molecule has 1 rings (SSSR count). The summed E-state index contributed by atoms with van der Waals surface area (Å²) in [6.45, 7) is 5.98. The summed E-state index contributed by atoms with van der Waals surface area (Å²) >= 11 is 0. The molecule has 0 aliphatic heterocycles. The van der Waals surface area contributed by atoms with E-state index in [-0.39, 0.29) is 11.8 Å². The van der Waals surface area contributed by atoms with E-state index in [1.807, 2.05) is 32.2 Å². The lowest BCUT2D eigenvalue weighted by Crippen LogP contribution is -2.45. The van der Waals surface area contributed by atoms with Gasteiger partial charge in [0.15, 0.2) is 17.7 Å². The van der Waals surface area contributed by atoms with E-state index >= 15 is 0 Å². The Morgan fingerprint density at radius 2 is 2.14 bits per heavy atom. The monoisotopic (exact) mass is 192 g/mol. The molecule has 0 spiro atoms. The van der Waals surface area contributed by atoms with Crippen molar-refractivity contribution >= 4 is 5.78 Å². The minimum atomic E-state index is -0.0313. The van der Waals surface area contributed by atoms with Crippen LogP contribution in [0.3, 0.4) is 0 Å². The van der Waals surface area contributed by atoms with Gasteiger partial charge in [0.25, 0.3) is 0 Å². The largest absolute Gasteiger partial charge is 0.292 e. The van der Waals surface area contributed by atoms with Crippen molar-refractivity contribution in [3.8, 4) is 0 Å². The third kappa shape index (κ3) is 2.19. The molecule has 0 aromatic carbocycles. The molecule has 0 N–H and O–H groups in total. The number of nitrogens with zero attached hydrogens (tertiary/aromatic N) is 1. The number of rotatable bonds is 4. The standard InChI is InChI=1S/C12H18NO/c1-4-11-8-6-7-9-13(11)10(3)12(14)5-2/h6-10H,4-5H2,1-3H3/q+1. The third-order valence-corrected chi connectivity index (χ3v) is 2.57. The van der Waals surface area contributed by atoms with Crippen molar-refractivity contribution < 1.29 is 9.36 Å². The van der Waals surface area contributed by atoms with Gasteiger partial charge in [0.05, 0.1) is 0 Å². The summed E-state index contributed by atoms with van der Waals surface area (Å²) in [6, 6.07) is 6.02. The lowest BCUT2D eigenvalue weighted by Gasteiger charge is -2.07. The molecule has 1 unspecified atom stereocenters. The molecule has 0 amide bonds. The average molecular weight is 192 g/mol. The average Bonchev–Trinajstić information content (AvgIpc) is 2.26. The van der Waals surface area contributed by atoms with Crippen molar-refractivity contribution in [2.45, 2.75) is 39.7 Å². The Labute approximate surface area is 85.6 Å². The summed E-state index contributed by atoms with van der Waals surface area (Å²) in [5, 5.41) is 0. The molecule has 1 atom stereocenters. The maximum Gasteiger partial charge on any atom is 0.213 e. The summed E-state index contributed by atoms with van der Waals surface area (Å²) in [4.78, 5) is 11.6. The number of aromatic nitrogens is 1. The molecule has 0 aliphatic rings. The predicted octanol–water partition coefficient (Wildman–Crippen LogP) is 2.08. The van der Waals surface area contributed by atoms with E-state index in [0.29, 0.717) is 6.42 Å². The van der Waals surface area contributed by atoms with Gasteiger partial charge in [-0.2, -0.15) is 4.57 Å². The zero-order valence-electron chi connectivity index (χ0n) is 9.16. The number of carbonyl (C=O) groups excluding carboxylic acids is 1. The van der Waals surface area contributed by atoms with Crippen LogP contribution in [0, 0.1) is 0 Å². The van der Waals surface area contributed by atoms with E-state index in [9.17, 15) is 4.79 Å². The minimum absolute atomic E-state index is 0.0313. The van der Waals surface area contributed by atoms with Crippen LogP contribution in [0.5, 0.6) is 0 Å². The number of pyridine rings is 1. The van der Waals surface area contributed by atoms with Crippen LogP contribution in [-0.2, 0) is 11.2 Å². The molecule has 76 valence electrons. The zero-order chi connectivity index (χ0) is 10.6. The molecule has 0 aliphatic carbocycles. The molecule has 0 radical (unpaired) electrons. The highest BCUT2D eigenvalue weighted by Crippen LogP contribution is 2.03. The Kier molecular flexibility index (Phi) is 3.81. The lowest BCUT2D eigenvalue weighted by atomic mass is 10.1. The van der Waals surface area contributed by atoms with Gasteiger partial charge in [0, 0.05) is 31.9 Å². The van der Waals surface area contributed by atoms with Crippen LogP contribution < -0.4 is 4.57 Å². The fourth-order valence-electron chi connectivity index (χ4n) is 1.62. The SMILES string of the molecule is CCC(=O)C(C)[n+]1ccccc1CC. The Bertz CT molecular complexity index is 320. The van der Waals surface area contributed by atoms with Gasteiger partial charge < -0.3 is 0 Å². The second kappa shape index (κ2) is 4.89. The first-order valence-electron chi connectivity index (χ1n) is 5.22. The Morgan fingerprint density at radius 1 is 1.43 bits per heavy atom. The highest BCUT2D eigenvalue weighted by atomic mass is 16.1. The van der Waals surface area contributed by atoms with Crippen LogP contribution in [0.15, 0.2) is 24.4 Å². The molecule has 1 aromatic rings. The number of carbonyl (C=O) groups is 1. The van der Waals surface area contributed by atoms with E-state index in [0.717, 1.165) is 6.42 Å². The van der Waals surface area contributed by atoms with Crippen LogP contribution >= 0.6 is 0 Å². The molecular weight excluding hydrogens is 174 g/mol. The van der Waals surface area contributed by atoms with Gasteiger partial charge in [-0.05, 0) is 0 Å². The maximum absolute atomic E-state index is 11.6. The van der Waals surface area contributed by atoms with Crippen molar-refractivity contribution in [2.75, 3.05) is 0 Å². The maximum atomic E-state index is 11.6. The van der Waals surface area contributed by atoms with Crippen molar-refractivity contribution in [1.82, 2.24) is 0 Å². The van der Waals surface area contributed by atoms with Gasteiger partial charge in [0.1, 0.15) is 0 Å². The predicted molar refractivity (Wildman–Crippen MR) is 56.0 cm³/mol. The fourth-order valence-corrected chi connectivity index (χ4v) is 1.62. The van der Waals surface area contributed by atoms with Gasteiger partial charge in [-0.15, -0.1) is 0 Å². The Morgan fingerprint density at radius 3 is 2.71 bits per heavy atom. The van der Waals surface area contributed by atoms with Gasteiger partial charge in [-0.1, -0.05) is 19.9 Å². The quantitative estimate of drug-likeness (QED) is 0.669. The number of Topliss-reactive ketones (excluding diaryl/α,β-unsaturated/α-hetero) is 1. The van der Waals surface area contributed by atoms with Gasteiger partial charge in [0.2, 0.25) is 6.04 Å². The topological polar surface area (TPSA) is 20.9 Å². The molecule has 2 nitrogen and oxygen atoms in total. The molecule has 2 heteroatoms. The third-order valence-electron chi connectivity index (χ3n) is 2.57. The van der Waals surface area contributed by atoms with E-state index in [1.165, 1.54) is 5.69 Å². The van der Waals surface area contributed by atoms with Crippen molar-refractivity contribution in [2.24, 2.45) is 0 Å². The normalized spacial score (nSPS) is 12.5. The second-order valence-corrected chi connectivity index (χ2v) is 3.45. The molecule has 0 saturated carbocycles. The first-order chi connectivity index (χ1) is 6.70. The molecule has 1 aromatic heterocycles. The minimum Gasteiger partial charge on any atom is -0.292 e. The molecular formula is C12H18NO+. The number of ketones is 1. The molecule has 1 heterocycles. The Balaban J connectivity index is 2.99. The molecule has 0 saturated heterocycles. The molecule has 0 bridgehead atoms. The smallest absolute Gasteiger partial charge is 0.213 e. The summed E-state index contributed by atoms with van der Waals surface area (Å²) in [6.07, 6.45) is 3.55. The van der Waals surface area contributed by atoms with E-state index in [4.69, 9.17) is 0 Å². The van der Waals surface area contributed by atoms with E-state index in [2.05, 4.69) is 17.6 Å². The highest BCUT2D eigenvalue weighted by Gasteiger charge is 2.22. The lowest BCUT2D eigenvalue weighted by molar-refractivity contribution is -0.712. The number of hydrogen-bond donors (Lipinski definition) is 0. The molecule has 0 fully saturated rings. The van der Waals surface area contributed by atoms with E-state index in [1.54, 1.807) is 0 Å². The summed E-state index contributed by atoms with van der Waals surface area (Å²) in [5.41, 5.74) is 1.21. The first kappa shape index (κ1) is 10.9. The van der Waals surface area contributed by atoms with Crippen molar-refractivity contribution in [3.63, 3.8) is 0 Å². The number of hydrogen-bond acceptors (Lipinski definition) is 1. The second-order valence-electron chi connectivity index (χ2n) is 3.45. The van der Waals surface area contributed by atoms with Crippen LogP contribution in [-0.4, -0.2) is 5.78 Å². The van der Waals surface area contributed by atoms with Crippen LogP contribution in [0.1, 0.15) is 38.9 Å². The Hall–Kier alpha value is -1.18. The van der Waals surface area contributed by atoms with Gasteiger partial charge >= 0.3 is 0 Å². The first-order valence-corrected chi connectivity index (χ1v) is 5.22. The van der Waals surface area contributed by atoms with Crippen molar-refractivity contribution in [3.05, 3.63) is 30.1 Å². The summed E-state index contributed by atoms with van der Waals surface area (Å²) < 4.78 is 2.06. The summed E-state index contributed by atoms with van der Waals surface area (Å²) in [5.74, 6) is 0.288. The fraction of sp³-hybridized carbons (Fsp3) is 0.500. The highest BCUT2D eigenvalue weighted by molar-refractivity contribution is 5.80. The summed E-state index contributed by atoms with van der Waals surface area (Å²) in [7, 11) is 0.